The van der Waals surface area contributed by atoms with E-state index in [9.17, 15) is 4.79 Å². The van der Waals surface area contributed by atoms with Crippen LogP contribution in [-0.4, -0.2) is 47.0 Å². The number of rotatable bonds is 7. The molecule has 3 aliphatic rings. The number of carbonyl (C=O) groups excluding carboxylic acids is 1. The van der Waals surface area contributed by atoms with Gasteiger partial charge in [0.25, 0.3) is 0 Å². The number of carbonyl (C=O) groups is 1. The SMILES string of the molecule is COC(=O)c1ccc2nc(N3CC4CC(OCc5c(-c6c(Cl)cccc6Cl)noc5C5CC5)C[C@H]4C3)n(C)c2c1. The van der Waals surface area contributed by atoms with Gasteiger partial charge in [-0.15, -0.1) is 0 Å². The van der Waals surface area contributed by atoms with Crippen LogP contribution in [0.15, 0.2) is 40.9 Å². The summed E-state index contributed by atoms with van der Waals surface area (Å²) < 4.78 is 19.3. The minimum absolute atomic E-state index is 0.178. The molecule has 2 saturated carbocycles. The molecule has 2 aliphatic carbocycles. The Morgan fingerprint density at radius 3 is 2.50 bits per heavy atom. The standard InChI is InChI=1S/C30H30Cl2N4O4/c1-35-25-12-17(29(37)38-2)8-9-24(25)33-30(35)36-13-18-10-20(11-19(18)14-36)39-15-21-27(34-40-28(21)16-6-7-16)26-22(31)4-3-5-23(26)32/h3-5,8-9,12,16,18-20H,6-7,10-11,13-15H2,1-2H3/t18-,19?,20?/m0/s1. The first-order valence-electron chi connectivity index (χ1n) is 13.8. The summed E-state index contributed by atoms with van der Waals surface area (Å²) in [5, 5.41) is 5.51. The van der Waals surface area contributed by atoms with Crippen LogP contribution < -0.4 is 4.90 Å². The van der Waals surface area contributed by atoms with Crippen LogP contribution in [0.5, 0.6) is 0 Å². The van der Waals surface area contributed by atoms with Crippen molar-refractivity contribution in [2.75, 3.05) is 25.1 Å². The maximum Gasteiger partial charge on any atom is 0.337 e. The highest BCUT2D eigenvalue weighted by Gasteiger charge is 2.43. The molecule has 3 atom stereocenters. The Morgan fingerprint density at radius 1 is 1.10 bits per heavy atom. The molecule has 1 saturated heterocycles. The maximum atomic E-state index is 12.0. The van der Waals surface area contributed by atoms with E-state index < -0.39 is 0 Å². The Balaban J connectivity index is 1.04. The quantitative estimate of drug-likeness (QED) is 0.227. The van der Waals surface area contributed by atoms with Crippen LogP contribution in [0.3, 0.4) is 0 Å². The molecule has 1 aliphatic heterocycles. The van der Waals surface area contributed by atoms with Crippen LogP contribution in [0, 0.1) is 11.8 Å². The fourth-order valence-electron chi connectivity index (χ4n) is 6.50. The molecule has 8 nitrogen and oxygen atoms in total. The van der Waals surface area contributed by atoms with Gasteiger partial charge in [0.15, 0.2) is 0 Å². The van der Waals surface area contributed by atoms with Crippen molar-refractivity contribution < 1.29 is 18.8 Å². The molecule has 0 spiro atoms. The smallest absolute Gasteiger partial charge is 0.337 e. The second-order valence-corrected chi connectivity index (χ2v) is 12.1. The van der Waals surface area contributed by atoms with E-state index in [1.165, 1.54) is 7.11 Å². The lowest BCUT2D eigenvalue weighted by Crippen LogP contribution is -2.25. The first-order valence-corrected chi connectivity index (χ1v) is 14.5. The second-order valence-electron chi connectivity index (χ2n) is 11.2. The summed E-state index contributed by atoms with van der Waals surface area (Å²) in [4.78, 5) is 19.3. The molecular weight excluding hydrogens is 551 g/mol. The first-order chi connectivity index (χ1) is 19.4. The number of anilines is 1. The number of ether oxygens (including phenoxy) is 2. The number of aryl methyl sites for hydroxylation is 1. The number of benzene rings is 2. The summed E-state index contributed by atoms with van der Waals surface area (Å²) in [5.41, 5.74) is 4.70. The third-order valence-corrected chi connectivity index (χ3v) is 9.33. The zero-order valence-electron chi connectivity index (χ0n) is 22.4. The summed E-state index contributed by atoms with van der Waals surface area (Å²) >= 11 is 13.0. The van der Waals surface area contributed by atoms with E-state index in [0.29, 0.717) is 51.2 Å². The Labute approximate surface area is 242 Å². The van der Waals surface area contributed by atoms with Gasteiger partial charge in [0.2, 0.25) is 5.95 Å². The van der Waals surface area contributed by atoms with Gasteiger partial charge in [-0.25, -0.2) is 9.78 Å². The minimum Gasteiger partial charge on any atom is -0.465 e. The number of hydrogen-bond acceptors (Lipinski definition) is 7. The third kappa shape index (κ3) is 4.46. The van der Waals surface area contributed by atoms with E-state index in [2.05, 4.69) is 14.6 Å². The third-order valence-electron chi connectivity index (χ3n) is 8.70. The average Bonchev–Trinajstić information content (AvgIpc) is 3.24. The number of methoxy groups -OCH3 is 1. The molecule has 0 N–H and O–H groups in total. The van der Waals surface area contributed by atoms with E-state index in [0.717, 1.165) is 67.1 Å². The molecule has 0 amide bonds. The molecule has 0 bridgehead atoms. The van der Waals surface area contributed by atoms with Crippen molar-refractivity contribution in [2.24, 2.45) is 18.9 Å². The summed E-state index contributed by atoms with van der Waals surface area (Å²) in [7, 11) is 3.40. The lowest BCUT2D eigenvalue weighted by molar-refractivity contribution is 0.0402. The largest absolute Gasteiger partial charge is 0.465 e. The predicted molar refractivity (Wildman–Crippen MR) is 153 cm³/mol. The predicted octanol–water partition coefficient (Wildman–Crippen LogP) is 6.63. The Bertz CT molecular complexity index is 1580. The Kier molecular flexibility index (Phi) is 6.52. The van der Waals surface area contributed by atoms with Crippen molar-refractivity contribution in [3.05, 3.63) is 63.3 Å². The fraction of sp³-hybridized carbons (Fsp3) is 0.433. The molecule has 7 rings (SSSR count). The molecule has 10 heteroatoms. The molecule has 2 aromatic carbocycles. The molecule has 2 unspecified atom stereocenters. The van der Waals surface area contributed by atoms with Gasteiger partial charge in [-0.2, -0.15) is 0 Å². The summed E-state index contributed by atoms with van der Waals surface area (Å²) in [6.07, 6.45) is 4.39. The van der Waals surface area contributed by atoms with Crippen molar-refractivity contribution in [1.29, 1.82) is 0 Å². The van der Waals surface area contributed by atoms with Gasteiger partial charge in [-0.3, -0.25) is 0 Å². The summed E-state index contributed by atoms with van der Waals surface area (Å²) in [5.74, 6) is 2.98. The zero-order valence-corrected chi connectivity index (χ0v) is 23.9. The van der Waals surface area contributed by atoms with Gasteiger partial charge in [-0.05, 0) is 67.9 Å². The lowest BCUT2D eigenvalue weighted by Gasteiger charge is -2.20. The van der Waals surface area contributed by atoms with E-state index in [1.807, 2.05) is 37.4 Å². The van der Waals surface area contributed by atoms with Crippen molar-refractivity contribution in [1.82, 2.24) is 14.7 Å². The average molecular weight is 582 g/mol. The number of esters is 1. The molecule has 2 aromatic heterocycles. The van der Waals surface area contributed by atoms with Crippen LogP contribution in [-0.2, 0) is 23.1 Å². The van der Waals surface area contributed by atoms with Gasteiger partial charge in [0.05, 0.1) is 46.5 Å². The van der Waals surface area contributed by atoms with Gasteiger partial charge in [0, 0.05) is 37.2 Å². The minimum atomic E-state index is -0.344. The highest BCUT2D eigenvalue weighted by Crippen LogP contribution is 2.47. The molecule has 208 valence electrons. The molecular formula is C30H30Cl2N4O4. The first kappa shape index (κ1) is 25.9. The van der Waals surface area contributed by atoms with Crippen LogP contribution in [0.25, 0.3) is 22.3 Å². The highest BCUT2D eigenvalue weighted by atomic mass is 35.5. The normalized spacial score (nSPS) is 22.3. The fourth-order valence-corrected chi connectivity index (χ4v) is 7.07. The molecule has 3 heterocycles. The van der Waals surface area contributed by atoms with Crippen LogP contribution in [0.1, 0.15) is 53.3 Å². The number of hydrogen-bond donors (Lipinski definition) is 0. The Morgan fingerprint density at radius 2 is 1.82 bits per heavy atom. The van der Waals surface area contributed by atoms with Crippen LogP contribution >= 0.6 is 23.2 Å². The molecule has 4 aromatic rings. The van der Waals surface area contributed by atoms with E-state index in [-0.39, 0.29) is 12.1 Å². The number of fused-ring (bicyclic) bond motifs is 2. The maximum absolute atomic E-state index is 12.0. The highest BCUT2D eigenvalue weighted by molar-refractivity contribution is 6.39. The molecule has 0 radical (unpaired) electrons. The van der Waals surface area contributed by atoms with Crippen molar-refractivity contribution in [3.8, 4) is 11.3 Å². The van der Waals surface area contributed by atoms with E-state index >= 15 is 0 Å². The van der Waals surface area contributed by atoms with Crippen LogP contribution in [0.2, 0.25) is 10.0 Å². The molecule has 3 fully saturated rings. The second kappa shape index (κ2) is 10.1. The van der Waals surface area contributed by atoms with Gasteiger partial charge >= 0.3 is 5.97 Å². The van der Waals surface area contributed by atoms with E-state index in [1.54, 1.807) is 6.07 Å². The summed E-state index contributed by atoms with van der Waals surface area (Å²) in [6.45, 7) is 2.31. The van der Waals surface area contributed by atoms with Crippen molar-refractivity contribution >= 4 is 46.2 Å². The van der Waals surface area contributed by atoms with E-state index in [4.69, 9.17) is 42.2 Å². The van der Waals surface area contributed by atoms with Crippen molar-refractivity contribution in [3.63, 3.8) is 0 Å². The number of aromatic nitrogens is 3. The lowest BCUT2D eigenvalue weighted by atomic mass is 10.0. The number of halogens is 2. The Hall–Kier alpha value is -3.07. The summed E-state index contributed by atoms with van der Waals surface area (Å²) in [6, 6.07) is 11.0. The number of imidazole rings is 1. The molecule has 40 heavy (non-hydrogen) atoms. The van der Waals surface area contributed by atoms with Gasteiger partial charge in [-0.1, -0.05) is 34.4 Å². The monoisotopic (exact) mass is 580 g/mol. The zero-order chi connectivity index (χ0) is 27.5. The topological polar surface area (TPSA) is 82.6 Å². The van der Waals surface area contributed by atoms with Gasteiger partial charge in [0.1, 0.15) is 11.5 Å². The van der Waals surface area contributed by atoms with Crippen LogP contribution in [0.4, 0.5) is 5.95 Å². The van der Waals surface area contributed by atoms with Gasteiger partial charge < -0.3 is 23.5 Å². The van der Waals surface area contributed by atoms with Crippen molar-refractivity contribution in [2.45, 2.75) is 44.3 Å². The number of nitrogens with zero attached hydrogens (tertiary/aromatic N) is 4.